The number of carbonyl (C=O) groups excluding carboxylic acids is 2. The Balaban J connectivity index is 1.97. The van der Waals surface area contributed by atoms with Crippen molar-refractivity contribution in [3.8, 4) is 0 Å². The van der Waals surface area contributed by atoms with Crippen LogP contribution in [-0.4, -0.2) is 53.8 Å². The standard InChI is InChI=1S/C17H23ClFN3O2/c1-3-11(2)15(20)17(24)22-8-6-21(7-9-22)16(23)13-5-4-12(18)10-14(13)19/h4-5,10-11,15H,3,6-9,20H2,1-2H3. The maximum Gasteiger partial charge on any atom is 0.256 e. The highest BCUT2D eigenvalue weighted by Gasteiger charge is 2.30. The van der Waals surface area contributed by atoms with Crippen LogP contribution in [0.15, 0.2) is 18.2 Å². The Kier molecular flexibility index (Phi) is 6.18. The highest BCUT2D eigenvalue weighted by Crippen LogP contribution is 2.18. The summed E-state index contributed by atoms with van der Waals surface area (Å²) in [6.07, 6.45) is 0.835. The van der Waals surface area contributed by atoms with Crippen LogP contribution in [0.4, 0.5) is 4.39 Å². The number of rotatable bonds is 4. The molecule has 2 atom stereocenters. The predicted molar refractivity (Wildman–Crippen MR) is 91.3 cm³/mol. The largest absolute Gasteiger partial charge is 0.338 e. The first-order chi connectivity index (χ1) is 11.3. The highest BCUT2D eigenvalue weighted by molar-refractivity contribution is 6.30. The molecule has 2 amide bonds. The lowest BCUT2D eigenvalue weighted by molar-refractivity contribution is -0.135. The van der Waals surface area contributed by atoms with Crippen LogP contribution in [0.3, 0.4) is 0 Å². The smallest absolute Gasteiger partial charge is 0.256 e. The first kappa shape index (κ1) is 18.7. The number of hydrogen-bond acceptors (Lipinski definition) is 3. The van der Waals surface area contributed by atoms with Gasteiger partial charge in [-0.1, -0.05) is 31.9 Å². The molecular formula is C17H23ClFN3O2. The van der Waals surface area contributed by atoms with Crippen LogP contribution in [-0.2, 0) is 4.79 Å². The quantitative estimate of drug-likeness (QED) is 0.899. The van der Waals surface area contributed by atoms with Gasteiger partial charge in [0.05, 0.1) is 11.6 Å². The van der Waals surface area contributed by atoms with E-state index in [0.717, 1.165) is 12.5 Å². The van der Waals surface area contributed by atoms with Crippen molar-refractivity contribution in [2.75, 3.05) is 26.2 Å². The molecule has 1 aliphatic heterocycles. The van der Waals surface area contributed by atoms with Crippen LogP contribution in [0.5, 0.6) is 0 Å². The fourth-order valence-corrected chi connectivity index (χ4v) is 2.83. The van der Waals surface area contributed by atoms with E-state index in [9.17, 15) is 14.0 Å². The first-order valence-corrected chi connectivity index (χ1v) is 8.51. The van der Waals surface area contributed by atoms with Crippen LogP contribution >= 0.6 is 11.6 Å². The first-order valence-electron chi connectivity index (χ1n) is 8.13. The van der Waals surface area contributed by atoms with E-state index < -0.39 is 11.9 Å². The van der Waals surface area contributed by atoms with Gasteiger partial charge in [0.2, 0.25) is 5.91 Å². The van der Waals surface area contributed by atoms with Crippen molar-refractivity contribution >= 4 is 23.4 Å². The van der Waals surface area contributed by atoms with Gasteiger partial charge in [-0.2, -0.15) is 0 Å². The molecule has 24 heavy (non-hydrogen) atoms. The summed E-state index contributed by atoms with van der Waals surface area (Å²) in [5, 5.41) is 0.249. The average molecular weight is 356 g/mol. The molecule has 2 rings (SSSR count). The van der Waals surface area contributed by atoms with E-state index in [1.807, 2.05) is 13.8 Å². The zero-order valence-corrected chi connectivity index (χ0v) is 14.7. The molecule has 5 nitrogen and oxygen atoms in total. The SMILES string of the molecule is CCC(C)C(N)C(=O)N1CCN(C(=O)c2ccc(Cl)cc2F)CC1. The Hall–Kier alpha value is -1.66. The fourth-order valence-electron chi connectivity index (χ4n) is 2.67. The summed E-state index contributed by atoms with van der Waals surface area (Å²) < 4.78 is 13.9. The topological polar surface area (TPSA) is 66.6 Å². The van der Waals surface area contributed by atoms with Gasteiger partial charge < -0.3 is 15.5 Å². The van der Waals surface area contributed by atoms with E-state index in [2.05, 4.69) is 0 Å². The van der Waals surface area contributed by atoms with Crippen LogP contribution in [0.25, 0.3) is 0 Å². The van der Waals surface area contributed by atoms with Crippen molar-refractivity contribution in [3.05, 3.63) is 34.6 Å². The van der Waals surface area contributed by atoms with Gasteiger partial charge in [0.1, 0.15) is 5.82 Å². The van der Waals surface area contributed by atoms with Gasteiger partial charge in [0, 0.05) is 31.2 Å². The minimum Gasteiger partial charge on any atom is -0.338 e. The molecule has 0 bridgehead atoms. The second-order valence-electron chi connectivity index (χ2n) is 6.15. The van der Waals surface area contributed by atoms with Crippen molar-refractivity contribution in [2.45, 2.75) is 26.3 Å². The second-order valence-corrected chi connectivity index (χ2v) is 6.59. The Bertz CT molecular complexity index is 618. The number of carbonyl (C=O) groups is 2. The van der Waals surface area contributed by atoms with Gasteiger partial charge in [-0.15, -0.1) is 0 Å². The lowest BCUT2D eigenvalue weighted by atomic mass is 9.98. The number of halogens is 2. The van der Waals surface area contributed by atoms with Crippen LogP contribution in [0.2, 0.25) is 5.02 Å². The molecule has 1 heterocycles. The fraction of sp³-hybridized carbons (Fsp3) is 0.529. The predicted octanol–water partition coefficient (Wildman–Crippen LogP) is 2.14. The van der Waals surface area contributed by atoms with Crippen LogP contribution in [0, 0.1) is 11.7 Å². The molecular weight excluding hydrogens is 333 g/mol. The number of amides is 2. The van der Waals surface area contributed by atoms with E-state index in [4.69, 9.17) is 17.3 Å². The zero-order chi connectivity index (χ0) is 17.9. The summed E-state index contributed by atoms with van der Waals surface area (Å²) in [5.41, 5.74) is 5.98. The Morgan fingerprint density at radius 3 is 2.38 bits per heavy atom. The molecule has 1 aliphatic rings. The Labute approximate surface area is 146 Å². The lowest BCUT2D eigenvalue weighted by Gasteiger charge is -2.36. The van der Waals surface area contributed by atoms with Crippen LogP contribution in [0.1, 0.15) is 30.6 Å². The molecule has 2 N–H and O–H groups in total. The van der Waals surface area contributed by atoms with E-state index >= 15 is 0 Å². The van der Waals surface area contributed by atoms with Gasteiger partial charge in [0.15, 0.2) is 0 Å². The molecule has 1 saturated heterocycles. The lowest BCUT2D eigenvalue weighted by Crippen LogP contribution is -2.55. The third-order valence-corrected chi connectivity index (χ3v) is 4.82. The number of nitrogens with two attached hydrogens (primary N) is 1. The van der Waals surface area contributed by atoms with E-state index in [0.29, 0.717) is 26.2 Å². The maximum absolute atomic E-state index is 13.9. The molecule has 0 aliphatic carbocycles. The van der Waals surface area contributed by atoms with Crippen molar-refractivity contribution < 1.29 is 14.0 Å². The summed E-state index contributed by atoms with van der Waals surface area (Å²) in [7, 11) is 0. The molecule has 1 aromatic rings. The summed E-state index contributed by atoms with van der Waals surface area (Å²) in [5.74, 6) is -0.998. The van der Waals surface area contributed by atoms with E-state index in [1.54, 1.807) is 9.80 Å². The van der Waals surface area contributed by atoms with Crippen LogP contribution < -0.4 is 5.73 Å². The molecule has 0 saturated carbocycles. The van der Waals surface area contributed by atoms with Crippen molar-refractivity contribution in [2.24, 2.45) is 11.7 Å². The number of nitrogens with zero attached hydrogens (tertiary/aromatic N) is 2. The molecule has 1 fully saturated rings. The molecule has 0 radical (unpaired) electrons. The maximum atomic E-state index is 13.9. The minimum atomic E-state index is -0.634. The Morgan fingerprint density at radius 1 is 1.25 bits per heavy atom. The third-order valence-electron chi connectivity index (χ3n) is 4.58. The molecule has 0 aromatic heterocycles. The second kappa shape index (κ2) is 7.94. The third kappa shape index (κ3) is 4.05. The monoisotopic (exact) mass is 355 g/mol. The normalized spacial score (nSPS) is 17.5. The summed E-state index contributed by atoms with van der Waals surface area (Å²) >= 11 is 5.71. The van der Waals surface area contributed by atoms with Gasteiger partial charge in [-0.3, -0.25) is 9.59 Å². The van der Waals surface area contributed by atoms with Crippen molar-refractivity contribution in [1.29, 1.82) is 0 Å². The number of hydrogen-bond donors (Lipinski definition) is 1. The molecule has 2 unspecified atom stereocenters. The summed E-state index contributed by atoms with van der Waals surface area (Å²) in [6.45, 7) is 5.48. The van der Waals surface area contributed by atoms with Crippen molar-refractivity contribution in [3.63, 3.8) is 0 Å². The Morgan fingerprint density at radius 2 is 1.83 bits per heavy atom. The summed E-state index contributed by atoms with van der Waals surface area (Å²) in [6, 6.07) is 3.48. The number of benzene rings is 1. The average Bonchev–Trinajstić information content (AvgIpc) is 2.59. The molecule has 1 aromatic carbocycles. The van der Waals surface area contributed by atoms with Gasteiger partial charge in [-0.05, 0) is 24.1 Å². The molecule has 132 valence electrons. The van der Waals surface area contributed by atoms with E-state index in [-0.39, 0.29) is 28.3 Å². The van der Waals surface area contributed by atoms with Crippen molar-refractivity contribution in [1.82, 2.24) is 9.80 Å². The molecule has 0 spiro atoms. The van der Waals surface area contributed by atoms with Gasteiger partial charge in [-0.25, -0.2) is 4.39 Å². The summed E-state index contributed by atoms with van der Waals surface area (Å²) in [4.78, 5) is 28.0. The zero-order valence-electron chi connectivity index (χ0n) is 14.0. The number of piperazine rings is 1. The molecule has 7 heteroatoms. The van der Waals surface area contributed by atoms with Gasteiger partial charge in [0.25, 0.3) is 5.91 Å². The highest BCUT2D eigenvalue weighted by atomic mass is 35.5. The van der Waals surface area contributed by atoms with Gasteiger partial charge >= 0.3 is 0 Å². The minimum absolute atomic E-state index is 0.00418. The van der Waals surface area contributed by atoms with E-state index in [1.165, 1.54) is 12.1 Å².